The first-order chi connectivity index (χ1) is 6.52. The van der Waals surface area contributed by atoms with Gasteiger partial charge in [0, 0.05) is 11.9 Å². The zero-order valence-electron chi connectivity index (χ0n) is 9.32. The Hall–Kier alpha value is -0.220. The minimum atomic E-state index is -0.165. The lowest BCUT2D eigenvalue weighted by Crippen LogP contribution is -2.23. The Morgan fingerprint density at radius 3 is 2.43 bits per heavy atom. The molecule has 0 aromatic carbocycles. The lowest BCUT2D eigenvalue weighted by molar-refractivity contribution is -0.144. The van der Waals surface area contributed by atoms with Crippen LogP contribution in [0.4, 0.5) is 0 Å². The van der Waals surface area contributed by atoms with Crippen molar-refractivity contribution < 1.29 is 14.6 Å². The number of esters is 1. The fourth-order valence-electron chi connectivity index (χ4n) is 0.891. The van der Waals surface area contributed by atoms with E-state index in [4.69, 9.17) is 5.11 Å². The van der Waals surface area contributed by atoms with Crippen LogP contribution in [0.1, 0.15) is 20.8 Å². The molecule has 0 amide bonds. The van der Waals surface area contributed by atoms with Crippen LogP contribution < -0.4 is 0 Å². The molecule has 0 fully saturated rings. The summed E-state index contributed by atoms with van der Waals surface area (Å²) in [5, 5.41) is 9.07. The van der Waals surface area contributed by atoms with E-state index in [1.54, 1.807) is 11.8 Å². The van der Waals surface area contributed by atoms with E-state index in [-0.39, 0.29) is 29.7 Å². The molecule has 14 heavy (non-hydrogen) atoms. The Balaban J connectivity index is 3.83. The third kappa shape index (κ3) is 4.86. The van der Waals surface area contributed by atoms with Crippen LogP contribution in [0.2, 0.25) is 0 Å². The van der Waals surface area contributed by atoms with E-state index in [9.17, 15) is 4.79 Å². The van der Waals surface area contributed by atoms with Crippen molar-refractivity contribution in [3.63, 3.8) is 0 Å². The van der Waals surface area contributed by atoms with Gasteiger partial charge in [-0.15, -0.1) is 0 Å². The number of thioether (sulfide) groups is 1. The Bertz CT molecular complexity index is 173. The SMILES string of the molecule is COC(=O)C(C)C(C)SCC(C)CO. The van der Waals surface area contributed by atoms with Crippen molar-refractivity contribution in [3.05, 3.63) is 0 Å². The van der Waals surface area contributed by atoms with E-state index in [2.05, 4.69) is 4.74 Å². The summed E-state index contributed by atoms with van der Waals surface area (Å²) in [4.78, 5) is 11.2. The van der Waals surface area contributed by atoms with Gasteiger partial charge in [0.05, 0.1) is 13.0 Å². The zero-order valence-corrected chi connectivity index (χ0v) is 10.1. The number of aliphatic hydroxyl groups is 1. The maximum atomic E-state index is 11.2. The lowest BCUT2D eigenvalue weighted by Gasteiger charge is -2.18. The van der Waals surface area contributed by atoms with Gasteiger partial charge in [0.2, 0.25) is 0 Å². The van der Waals surface area contributed by atoms with Crippen LogP contribution in [0.25, 0.3) is 0 Å². The van der Waals surface area contributed by atoms with Gasteiger partial charge in [-0.2, -0.15) is 11.8 Å². The van der Waals surface area contributed by atoms with Crippen molar-refractivity contribution in [2.24, 2.45) is 11.8 Å². The smallest absolute Gasteiger partial charge is 0.309 e. The number of rotatable bonds is 6. The number of hydrogen-bond donors (Lipinski definition) is 1. The molecule has 0 radical (unpaired) electrons. The zero-order chi connectivity index (χ0) is 11.1. The number of carbonyl (C=O) groups is 1. The highest BCUT2D eigenvalue weighted by atomic mass is 32.2. The van der Waals surface area contributed by atoms with E-state index in [0.717, 1.165) is 5.75 Å². The standard InChI is InChI=1S/C10H20O3S/c1-7(5-11)6-14-9(3)8(2)10(12)13-4/h7-9,11H,5-6H2,1-4H3. The fraction of sp³-hybridized carbons (Fsp3) is 0.900. The lowest BCUT2D eigenvalue weighted by atomic mass is 10.1. The predicted molar refractivity (Wildman–Crippen MR) is 59.3 cm³/mol. The quantitative estimate of drug-likeness (QED) is 0.690. The van der Waals surface area contributed by atoms with Gasteiger partial charge in [0.1, 0.15) is 0 Å². The second kappa shape index (κ2) is 7.12. The highest BCUT2D eigenvalue weighted by molar-refractivity contribution is 7.99. The van der Waals surface area contributed by atoms with Crippen LogP contribution in [-0.4, -0.2) is 35.8 Å². The molecule has 3 unspecified atom stereocenters. The third-order valence-electron chi connectivity index (χ3n) is 2.23. The van der Waals surface area contributed by atoms with E-state index in [1.807, 2.05) is 20.8 Å². The molecular weight excluding hydrogens is 200 g/mol. The molecule has 0 saturated heterocycles. The van der Waals surface area contributed by atoms with Gasteiger partial charge >= 0.3 is 5.97 Å². The number of hydrogen-bond acceptors (Lipinski definition) is 4. The molecule has 0 bridgehead atoms. The molecule has 0 rings (SSSR count). The normalized spacial score (nSPS) is 17.2. The van der Waals surface area contributed by atoms with Gasteiger partial charge in [-0.05, 0) is 11.7 Å². The van der Waals surface area contributed by atoms with Crippen LogP contribution in [0.5, 0.6) is 0 Å². The van der Waals surface area contributed by atoms with Crippen LogP contribution in [0.3, 0.4) is 0 Å². The maximum absolute atomic E-state index is 11.2. The molecule has 1 N–H and O–H groups in total. The molecule has 0 aliphatic heterocycles. The summed E-state index contributed by atoms with van der Waals surface area (Å²) in [6.07, 6.45) is 0. The second-order valence-corrected chi connectivity index (χ2v) is 5.05. The van der Waals surface area contributed by atoms with Crippen molar-refractivity contribution in [3.8, 4) is 0 Å². The van der Waals surface area contributed by atoms with Crippen molar-refractivity contribution >= 4 is 17.7 Å². The van der Waals surface area contributed by atoms with Crippen molar-refractivity contribution in [2.45, 2.75) is 26.0 Å². The van der Waals surface area contributed by atoms with Gasteiger partial charge in [-0.25, -0.2) is 0 Å². The summed E-state index contributed by atoms with van der Waals surface area (Å²) in [6.45, 7) is 6.07. The number of methoxy groups -OCH3 is 1. The predicted octanol–water partition coefficient (Wildman–Crippen LogP) is 1.55. The maximum Gasteiger partial charge on any atom is 0.309 e. The minimum Gasteiger partial charge on any atom is -0.469 e. The second-order valence-electron chi connectivity index (χ2n) is 3.64. The molecule has 0 saturated carbocycles. The van der Waals surface area contributed by atoms with Crippen molar-refractivity contribution in [1.29, 1.82) is 0 Å². The van der Waals surface area contributed by atoms with E-state index in [0.29, 0.717) is 0 Å². The van der Waals surface area contributed by atoms with E-state index >= 15 is 0 Å². The molecule has 0 heterocycles. The van der Waals surface area contributed by atoms with Crippen LogP contribution in [0.15, 0.2) is 0 Å². The van der Waals surface area contributed by atoms with Gasteiger partial charge in [0.25, 0.3) is 0 Å². The molecular formula is C10H20O3S. The van der Waals surface area contributed by atoms with Crippen molar-refractivity contribution in [1.82, 2.24) is 0 Å². The number of carbonyl (C=O) groups excluding carboxylic acids is 1. The molecule has 0 aromatic rings. The molecule has 0 aliphatic carbocycles. The van der Waals surface area contributed by atoms with Crippen molar-refractivity contribution in [2.75, 3.05) is 19.5 Å². The number of ether oxygens (including phenoxy) is 1. The average Bonchev–Trinajstić information content (AvgIpc) is 2.22. The first-order valence-electron chi connectivity index (χ1n) is 4.83. The Morgan fingerprint density at radius 1 is 1.43 bits per heavy atom. The summed E-state index contributed by atoms with van der Waals surface area (Å²) in [6, 6.07) is 0. The molecule has 3 atom stereocenters. The summed E-state index contributed by atoms with van der Waals surface area (Å²) >= 11 is 1.70. The van der Waals surface area contributed by atoms with Crippen LogP contribution in [-0.2, 0) is 9.53 Å². The first-order valence-corrected chi connectivity index (χ1v) is 5.88. The summed E-state index contributed by atoms with van der Waals surface area (Å²) in [5.74, 6) is 0.906. The Kier molecular flexibility index (Phi) is 7.01. The molecule has 0 aromatic heterocycles. The van der Waals surface area contributed by atoms with Gasteiger partial charge in [0.15, 0.2) is 0 Å². The summed E-state index contributed by atoms with van der Waals surface area (Å²) < 4.78 is 4.66. The third-order valence-corrected chi connectivity index (χ3v) is 3.93. The molecule has 3 nitrogen and oxygen atoms in total. The molecule has 84 valence electrons. The minimum absolute atomic E-state index is 0.0871. The number of aliphatic hydroxyl groups excluding tert-OH is 1. The summed E-state index contributed by atoms with van der Waals surface area (Å²) in [5.41, 5.74) is 0. The topological polar surface area (TPSA) is 46.5 Å². The van der Waals surface area contributed by atoms with E-state index < -0.39 is 0 Å². The average molecular weight is 220 g/mol. The summed E-state index contributed by atoms with van der Waals surface area (Å²) in [7, 11) is 1.41. The highest BCUT2D eigenvalue weighted by Gasteiger charge is 2.21. The van der Waals surface area contributed by atoms with E-state index in [1.165, 1.54) is 7.11 Å². The van der Waals surface area contributed by atoms with Gasteiger partial charge in [-0.1, -0.05) is 20.8 Å². The van der Waals surface area contributed by atoms with Crippen LogP contribution >= 0.6 is 11.8 Å². The Morgan fingerprint density at radius 2 is 2.00 bits per heavy atom. The molecule has 4 heteroatoms. The highest BCUT2D eigenvalue weighted by Crippen LogP contribution is 2.22. The largest absolute Gasteiger partial charge is 0.469 e. The fourth-order valence-corrected chi connectivity index (χ4v) is 2.03. The monoisotopic (exact) mass is 220 g/mol. The van der Waals surface area contributed by atoms with Gasteiger partial charge in [-0.3, -0.25) is 4.79 Å². The first kappa shape index (κ1) is 13.8. The molecule has 0 aliphatic rings. The molecule has 0 spiro atoms. The Labute approximate surface area is 90.2 Å². The van der Waals surface area contributed by atoms with Gasteiger partial charge < -0.3 is 9.84 Å². The van der Waals surface area contributed by atoms with Crippen LogP contribution in [0, 0.1) is 11.8 Å².